The van der Waals surface area contributed by atoms with Crippen molar-refractivity contribution in [1.82, 2.24) is 4.31 Å². The fourth-order valence-corrected chi connectivity index (χ4v) is 4.96. The van der Waals surface area contributed by atoms with E-state index in [2.05, 4.69) is 0 Å². The third kappa shape index (κ3) is 4.86. The van der Waals surface area contributed by atoms with E-state index in [0.717, 1.165) is 12.1 Å². The zero-order chi connectivity index (χ0) is 21.8. The monoisotopic (exact) mass is 442 g/mol. The number of sulfonamides is 1. The molecule has 0 bridgehead atoms. The van der Waals surface area contributed by atoms with Crippen LogP contribution in [0.2, 0.25) is 0 Å². The van der Waals surface area contributed by atoms with Crippen LogP contribution < -0.4 is 14.7 Å². The fraction of sp³-hybridized carbons (Fsp3) is 0.278. The Labute approximate surface area is 170 Å². The van der Waals surface area contributed by atoms with Crippen LogP contribution in [0.3, 0.4) is 0 Å². The van der Waals surface area contributed by atoms with Crippen molar-refractivity contribution in [3.05, 3.63) is 48.0 Å². The van der Waals surface area contributed by atoms with Crippen LogP contribution in [0.15, 0.2) is 52.3 Å². The van der Waals surface area contributed by atoms with Gasteiger partial charge in [-0.05, 0) is 36.4 Å². The molecule has 158 valence electrons. The Bertz CT molecular complexity index is 1090. The zero-order valence-corrected chi connectivity index (χ0v) is 17.8. The van der Waals surface area contributed by atoms with Crippen molar-refractivity contribution < 1.29 is 30.6 Å². The summed E-state index contributed by atoms with van der Waals surface area (Å²) < 4.78 is 61.6. The molecule has 0 aliphatic heterocycles. The number of benzene rings is 2. The number of carbonyl (C=O) groups excluding carboxylic acids is 1. The predicted molar refractivity (Wildman–Crippen MR) is 106 cm³/mol. The standard InChI is InChI=1S/C18H22N2O7S2/c1-4-20(5-2)28(22,23)14-7-9-15(10-8-14)29(24,25)27-17-12-13(26-3)6-11-16(17)18(19)21/h6-12H,4-5H2,1-3H3,(H2,19,21). The van der Waals surface area contributed by atoms with Gasteiger partial charge in [-0.1, -0.05) is 13.8 Å². The molecule has 0 fully saturated rings. The van der Waals surface area contributed by atoms with Crippen LogP contribution in [-0.2, 0) is 20.1 Å². The molecule has 11 heteroatoms. The third-order valence-electron chi connectivity index (χ3n) is 4.11. The summed E-state index contributed by atoms with van der Waals surface area (Å²) in [4.78, 5) is 11.2. The minimum Gasteiger partial charge on any atom is -0.497 e. The molecule has 2 N–H and O–H groups in total. The van der Waals surface area contributed by atoms with E-state index in [4.69, 9.17) is 14.7 Å². The van der Waals surface area contributed by atoms with E-state index in [0.29, 0.717) is 0 Å². The molecule has 0 aliphatic carbocycles. The average molecular weight is 443 g/mol. The average Bonchev–Trinajstić information content (AvgIpc) is 2.68. The number of amides is 1. The van der Waals surface area contributed by atoms with Crippen molar-refractivity contribution in [2.45, 2.75) is 23.6 Å². The first kappa shape index (κ1) is 22.7. The first-order valence-corrected chi connectivity index (χ1v) is 11.4. The fourth-order valence-electron chi connectivity index (χ4n) is 2.56. The molecule has 9 nitrogen and oxygen atoms in total. The van der Waals surface area contributed by atoms with E-state index < -0.39 is 26.0 Å². The summed E-state index contributed by atoms with van der Waals surface area (Å²) in [7, 11) is -6.72. The van der Waals surface area contributed by atoms with Gasteiger partial charge in [0.2, 0.25) is 10.0 Å². The van der Waals surface area contributed by atoms with Gasteiger partial charge >= 0.3 is 10.1 Å². The van der Waals surface area contributed by atoms with Gasteiger partial charge in [0, 0.05) is 19.2 Å². The number of primary amides is 1. The van der Waals surface area contributed by atoms with Gasteiger partial charge in [0.05, 0.1) is 17.6 Å². The molecule has 2 aromatic carbocycles. The summed E-state index contributed by atoms with van der Waals surface area (Å²) in [5, 5.41) is 0. The SMILES string of the molecule is CCN(CC)S(=O)(=O)c1ccc(S(=O)(=O)Oc2cc(OC)ccc2C(N)=O)cc1. The van der Waals surface area contributed by atoms with Crippen molar-refractivity contribution in [2.75, 3.05) is 20.2 Å². The minimum absolute atomic E-state index is 0.0423. The van der Waals surface area contributed by atoms with E-state index >= 15 is 0 Å². The summed E-state index contributed by atoms with van der Waals surface area (Å²) in [5.41, 5.74) is 5.12. The molecule has 29 heavy (non-hydrogen) atoms. The van der Waals surface area contributed by atoms with Crippen molar-refractivity contribution in [3.8, 4) is 11.5 Å². The molecular weight excluding hydrogens is 420 g/mol. The molecule has 0 unspecified atom stereocenters. The van der Waals surface area contributed by atoms with Crippen LogP contribution in [0.5, 0.6) is 11.5 Å². The van der Waals surface area contributed by atoms with Crippen molar-refractivity contribution in [3.63, 3.8) is 0 Å². The van der Waals surface area contributed by atoms with E-state index in [9.17, 15) is 21.6 Å². The molecule has 0 atom stereocenters. The van der Waals surface area contributed by atoms with Crippen LogP contribution in [0.4, 0.5) is 0 Å². The van der Waals surface area contributed by atoms with Crippen molar-refractivity contribution in [2.24, 2.45) is 5.73 Å². The first-order valence-electron chi connectivity index (χ1n) is 8.59. The number of hydrogen-bond acceptors (Lipinski definition) is 7. The highest BCUT2D eigenvalue weighted by atomic mass is 32.2. The van der Waals surface area contributed by atoms with E-state index in [1.54, 1.807) is 13.8 Å². The van der Waals surface area contributed by atoms with Crippen molar-refractivity contribution in [1.29, 1.82) is 0 Å². The number of rotatable bonds is 9. The summed E-state index contributed by atoms with van der Waals surface area (Å²) >= 11 is 0. The van der Waals surface area contributed by atoms with Gasteiger partial charge in [0.25, 0.3) is 5.91 Å². The summed E-state index contributed by atoms with van der Waals surface area (Å²) in [5.74, 6) is -0.906. The Morgan fingerprint density at radius 2 is 1.52 bits per heavy atom. The Morgan fingerprint density at radius 3 is 2.00 bits per heavy atom. The molecule has 2 rings (SSSR count). The van der Waals surface area contributed by atoms with Crippen LogP contribution in [0.1, 0.15) is 24.2 Å². The van der Waals surface area contributed by atoms with Gasteiger partial charge in [-0.3, -0.25) is 4.79 Å². The second-order valence-corrected chi connectivity index (χ2v) is 9.31. The summed E-state index contributed by atoms with van der Waals surface area (Å²) in [6.07, 6.45) is 0. The zero-order valence-electron chi connectivity index (χ0n) is 16.2. The number of carbonyl (C=O) groups is 1. The molecule has 1 amide bonds. The Hall–Kier alpha value is -2.63. The van der Waals surface area contributed by atoms with Gasteiger partial charge in [-0.2, -0.15) is 12.7 Å². The number of ether oxygens (including phenoxy) is 1. The maximum Gasteiger partial charge on any atom is 0.339 e. The highest BCUT2D eigenvalue weighted by Gasteiger charge is 2.24. The largest absolute Gasteiger partial charge is 0.497 e. The first-order chi connectivity index (χ1) is 13.6. The number of nitrogens with zero attached hydrogens (tertiary/aromatic N) is 1. The highest BCUT2D eigenvalue weighted by molar-refractivity contribution is 7.89. The van der Waals surface area contributed by atoms with Crippen LogP contribution in [0.25, 0.3) is 0 Å². The molecule has 0 aliphatic rings. The third-order valence-corrected chi connectivity index (χ3v) is 7.42. The molecule has 0 spiro atoms. The van der Waals surface area contributed by atoms with E-state index in [-0.39, 0.29) is 39.9 Å². The Morgan fingerprint density at radius 1 is 0.966 bits per heavy atom. The quantitative estimate of drug-likeness (QED) is 0.583. The maximum atomic E-state index is 12.6. The van der Waals surface area contributed by atoms with E-state index in [1.165, 1.54) is 41.7 Å². The molecule has 0 saturated heterocycles. The second kappa shape index (κ2) is 8.80. The lowest BCUT2D eigenvalue weighted by atomic mass is 10.2. The van der Waals surface area contributed by atoms with Crippen LogP contribution in [-0.4, -0.2) is 47.2 Å². The van der Waals surface area contributed by atoms with Gasteiger partial charge in [-0.15, -0.1) is 0 Å². The lowest BCUT2D eigenvalue weighted by Crippen LogP contribution is -2.30. The molecule has 0 heterocycles. The smallest absolute Gasteiger partial charge is 0.339 e. The van der Waals surface area contributed by atoms with Gasteiger partial charge in [0.15, 0.2) is 5.75 Å². The Balaban J connectivity index is 2.40. The normalized spacial score (nSPS) is 12.0. The van der Waals surface area contributed by atoms with Crippen LogP contribution in [0, 0.1) is 0 Å². The van der Waals surface area contributed by atoms with E-state index in [1.807, 2.05) is 0 Å². The van der Waals surface area contributed by atoms with Gasteiger partial charge < -0.3 is 14.7 Å². The molecular formula is C18H22N2O7S2. The Kier molecular flexibility index (Phi) is 6.88. The predicted octanol–water partition coefficient (Wildman–Crippen LogP) is 1.59. The van der Waals surface area contributed by atoms with Gasteiger partial charge in [-0.25, -0.2) is 8.42 Å². The topological polar surface area (TPSA) is 133 Å². The van der Waals surface area contributed by atoms with Crippen molar-refractivity contribution >= 4 is 26.0 Å². The lowest BCUT2D eigenvalue weighted by molar-refractivity contribution is 0.0999. The minimum atomic E-state index is -4.36. The summed E-state index contributed by atoms with van der Waals surface area (Å²) in [6.45, 7) is 3.98. The lowest BCUT2D eigenvalue weighted by Gasteiger charge is -2.18. The number of nitrogens with two attached hydrogens (primary N) is 1. The second-order valence-electron chi connectivity index (χ2n) is 5.82. The molecule has 0 saturated carbocycles. The highest BCUT2D eigenvalue weighted by Crippen LogP contribution is 2.28. The molecule has 2 aromatic rings. The maximum absolute atomic E-state index is 12.6. The summed E-state index contributed by atoms with van der Waals surface area (Å²) in [6, 6.07) is 8.55. The number of hydrogen-bond donors (Lipinski definition) is 1. The van der Waals surface area contributed by atoms with Crippen LogP contribution >= 0.6 is 0 Å². The van der Waals surface area contributed by atoms with Gasteiger partial charge in [0.1, 0.15) is 10.6 Å². The number of methoxy groups -OCH3 is 1. The molecule has 0 aromatic heterocycles. The molecule has 0 radical (unpaired) electrons.